The maximum Gasteiger partial charge on any atom is 0.241 e. The molecule has 112 valence electrons. The van der Waals surface area contributed by atoms with Gasteiger partial charge < -0.3 is 11.1 Å². The van der Waals surface area contributed by atoms with Gasteiger partial charge >= 0.3 is 0 Å². The third kappa shape index (κ3) is 4.62. The van der Waals surface area contributed by atoms with E-state index in [1.165, 1.54) is 0 Å². The number of para-hydroxylation sites is 1. The van der Waals surface area contributed by atoms with Crippen LogP contribution in [-0.2, 0) is 11.3 Å². The SMILES string of the molecule is CCN(CC)Cc1ccccc1NC(=O)[C@H](N)C(C)C. The molecule has 0 radical (unpaired) electrons. The summed E-state index contributed by atoms with van der Waals surface area (Å²) in [5, 5.41) is 2.95. The number of amides is 1. The smallest absolute Gasteiger partial charge is 0.241 e. The number of benzene rings is 1. The zero-order chi connectivity index (χ0) is 15.1. The minimum atomic E-state index is -0.475. The van der Waals surface area contributed by atoms with Crippen LogP contribution in [0.25, 0.3) is 0 Å². The van der Waals surface area contributed by atoms with Crippen LogP contribution in [0.15, 0.2) is 24.3 Å². The molecule has 0 aliphatic heterocycles. The third-order valence-electron chi connectivity index (χ3n) is 3.58. The van der Waals surface area contributed by atoms with E-state index in [0.717, 1.165) is 30.9 Å². The molecule has 0 aliphatic rings. The number of carbonyl (C=O) groups excluding carboxylic acids is 1. The van der Waals surface area contributed by atoms with Crippen molar-refractivity contribution in [1.82, 2.24) is 4.90 Å². The molecule has 0 saturated heterocycles. The lowest BCUT2D eigenvalue weighted by Crippen LogP contribution is -2.40. The molecule has 4 heteroatoms. The fraction of sp³-hybridized carbons (Fsp3) is 0.562. The van der Waals surface area contributed by atoms with Crippen molar-refractivity contribution in [1.29, 1.82) is 0 Å². The number of anilines is 1. The van der Waals surface area contributed by atoms with Crippen LogP contribution < -0.4 is 11.1 Å². The summed E-state index contributed by atoms with van der Waals surface area (Å²) in [7, 11) is 0. The lowest BCUT2D eigenvalue weighted by Gasteiger charge is -2.21. The summed E-state index contributed by atoms with van der Waals surface area (Å²) >= 11 is 0. The van der Waals surface area contributed by atoms with E-state index in [2.05, 4.69) is 30.1 Å². The molecule has 20 heavy (non-hydrogen) atoms. The van der Waals surface area contributed by atoms with Crippen molar-refractivity contribution >= 4 is 11.6 Å². The molecular formula is C16H27N3O. The number of nitrogens with zero attached hydrogens (tertiary/aromatic N) is 1. The van der Waals surface area contributed by atoms with Crippen molar-refractivity contribution in [3.8, 4) is 0 Å². The number of carbonyl (C=O) groups is 1. The fourth-order valence-electron chi connectivity index (χ4n) is 1.99. The highest BCUT2D eigenvalue weighted by atomic mass is 16.2. The number of nitrogens with one attached hydrogen (secondary N) is 1. The van der Waals surface area contributed by atoms with E-state index in [-0.39, 0.29) is 11.8 Å². The average molecular weight is 277 g/mol. The quantitative estimate of drug-likeness (QED) is 0.805. The van der Waals surface area contributed by atoms with Gasteiger partial charge in [-0.2, -0.15) is 0 Å². The van der Waals surface area contributed by atoms with E-state index in [9.17, 15) is 4.79 Å². The van der Waals surface area contributed by atoms with Crippen LogP contribution in [-0.4, -0.2) is 29.9 Å². The van der Waals surface area contributed by atoms with E-state index in [4.69, 9.17) is 5.73 Å². The Morgan fingerprint density at radius 1 is 1.25 bits per heavy atom. The Balaban J connectivity index is 2.82. The molecule has 0 fully saturated rings. The molecule has 0 aliphatic carbocycles. The van der Waals surface area contributed by atoms with Crippen LogP contribution in [0.5, 0.6) is 0 Å². The summed E-state index contributed by atoms with van der Waals surface area (Å²) in [5.74, 6) is 0.0111. The molecule has 0 heterocycles. The lowest BCUT2D eigenvalue weighted by molar-refractivity contribution is -0.118. The summed E-state index contributed by atoms with van der Waals surface area (Å²) in [6.07, 6.45) is 0. The second-order valence-corrected chi connectivity index (χ2v) is 5.38. The van der Waals surface area contributed by atoms with E-state index in [1.54, 1.807) is 0 Å². The summed E-state index contributed by atoms with van der Waals surface area (Å²) in [5.41, 5.74) is 7.88. The Hall–Kier alpha value is -1.39. The highest BCUT2D eigenvalue weighted by molar-refractivity contribution is 5.95. The predicted octanol–water partition coefficient (Wildman–Crippen LogP) is 2.45. The number of rotatable bonds is 7. The van der Waals surface area contributed by atoms with Gasteiger partial charge in [0.2, 0.25) is 5.91 Å². The van der Waals surface area contributed by atoms with Crippen molar-refractivity contribution in [3.63, 3.8) is 0 Å². The standard InChI is InChI=1S/C16H27N3O/c1-5-19(6-2)11-13-9-7-8-10-14(13)18-16(20)15(17)12(3)4/h7-10,12,15H,5-6,11,17H2,1-4H3,(H,18,20)/t15-/m1/s1. The predicted molar refractivity (Wildman–Crippen MR) is 84.5 cm³/mol. The van der Waals surface area contributed by atoms with Gasteiger partial charge in [-0.05, 0) is 30.6 Å². The normalized spacial score (nSPS) is 12.8. The van der Waals surface area contributed by atoms with E-state index in [0.29, 0.717) is 0 Å². The number of hydrogen-bond acceptors (Lipinski definition) is 3. The molecule has 1 atom stereocenters. The maximum absolute atomic E-state index is 12.1. The first-order valence-corrected chi connectivity index (χ1v) is 7.36. The molecule has 1 rings (SSSR count). The first kappa shape index (κ1) is 16.7. The van der Waals surface area contributed by atoms with Crippen molar-refractivity contribution in [2.45, 2.75) is 40.3 Å². The zero-order valence-corrected chi connectivity index (χ0v) is 13.0. The van der Waals surface area contributed by atoms with Gasteiger partial charge in [-0.3, -0.25) is 9.69 Å². The van der Waals surface area contributed by atoms with Crippen molar-refractivity contribution in [3.05, 3.63) is 29.8 Å². The van der Waals surface area contributed by atoms with Gasteiger partial charge in [0.05, 0.1) is 6.04 Å². The number of hydrogen-bond donors (Lipinski definition) is 2. The average Bonchev–Trinajstić information content (AvgIpc) is 2.45. The van der Waals surface area contributed by atoms with Crippen LogP contribution >= 0.6 is 0 Å². The lowest BCUT2D eigenvalue weighted by atomic mass is 10.0. The molecule has 1 aromatic carbocycles. The van der Waals surface area contributed by atoms with Gasteiger partial charge in [0, 0.05) is 12.2 Å². The van der Waals surface area contributed by atoms with Gasteiger partial charge in [-0.1, -0.05) is 45.9 Å². The van der Waals surface area contributed by atoms with E-state index in [1.807, 2.05) is 32.0 Å². The summed E-state index contributed by atoms with van der Waals surface area (Å²) in [4.78, 5) is 14.4. The molecule has 1 amide bonds. The topological polar surface area (TPSA) is 58.4 Å². The van der Waals surface area contributed by atoms with Gasteiger partial charge in [0.1, 0.15) is 0 Å². The molecule has 0 aromatic heterocycles. The zero-order valence-electron chi connectivity index (χ0n) is 13.0. The molecule has 0 saturated carbocycles. The second kappa shape index (κ2) is 8.02. The summed E-state index contributed by atoms with van der Waals surface area (Å²) in [6.45, 7) is 11.0. The van der Waals surface area contributed by atoms with Gasteiger partial charge in [0.25, 0.3) is 0 Å². The van der Waals surface area contributed by atoms with Crippen molar-refractivity contribution in [2.24, 2.45) is 11.7 Å². The monoisotopic (exact) mass is 277 g/mol. The van der Waals surface area contributed by atoms with Crippen LogP contribution in [0.4, 0.5) is 5.69 Å². The first-order valence-electron chi connectivity index (χ1n) is 7.36. The summed E-state index contributed by atoms with van der Waals surface area (Å²) in [6, 6.07) is 7.44. The van der Waals surface area contributed by atoms with Crippen LogP contribution in [0.3, 0.4) is 0 Å². The Morgan fingerprint density at radius 3 is 2.40 bits per heavy atom. The Morgan fingerprint density at radius 2 is 1.85 bits per heavy atom. The highest BCUT2D eigenvalue weighted by Gasteiger charge is 2.18. The summed E-state index contributed by atoms with van der Waals surface area (Å²) < 4.78 is 0. The minimum absolute atomic E-state index is 0.119. The van der Waals surface area contributed by atoms with Crippen LogP contribution in [0.1, 0.15) is 33.3 Å². The van der Waals surface area contributed by atoms with Crippen LogP contribution in [0, 0.1) is 5.92 Å². The van der Waals surface area contributed by atoms with Gasteiger partial charge in [-0.25, -0.2) is 0 Å². The molecule has 1 aromatic rings. The molecular weight excluding hydrogens is 250 g/mol. The van der Waals surface area contributed by atoms with Crippen molar-refractivity contribution < 1.29 is 4.79 Å². The molecule has 4 nitrogen and oxygen atoms in total. The van der Waals surface area contributed by atoms with Crippen molar-refractivity contribution in [2.75, 3.05) is 18.4 Å². The highest BCUT2D eigenvalue weighted by Crippen LogP contribution is 2.18. The molecule has 0 unspecified atom stereocenters. The largest absolute Gasteiger partial charge is 0.324 e. The first-order chi connectivity index (χ1) is 9.49. The second-order valence-electron chi connectivity index (χ2n) is 5.38. The third-order valence-corrected chi connectivity index (χ3v) is 3.58. The van der Waals surface area contributed by atoms with Gasteiger partial charge in [0.15, 0.2) is 0 Å². The molecule has 0 spiro atoms. The maximum atomic E-state index is 12.1. The Labute approximate surface area is 122 Å². The van der Waals surface area contributed by atoms with Crippen LogP contribution in [0.2, 0.25) is 0 Å². The Bertz CT molecular complexity index is 427. The Kier molecular flexibility index (Phi) is 6.68. The molecule has 0 bridgehead atoms. The van der Waals surface area contributed by atoms with Gasteiger partial charge in [-0.15, -0.1) is 0 Å². The minimum Gasteiger partial charge on any atom is -0.324 e. The molecule has 3 N–H and O–H groups in total. The number of nitrogens with two attached hydrogens (primary N) is 1. The van der Waals surface area contributed by atoms with E-state index < -0.39 is 6.04 Å². The van der Waals surface area contributed by atoms with E-state index >= 15 is 0 Å². The fourth-order valence-corrected chi connectivity index (χ4v) is 1.99.